The number of aromatic amines is 1. The molecule has 0 saturated carbocycles. The van der Waals surface area contributed by atoms with Crippen LogP contribution < -0.4 is 16.0 Å². The first-order valence-corrected chi connectivity index (χ1v) is 10.1. The van der Waals surface area contributed by atoms with Gasteiger partial charge in [0.1, 0.15) is 11.3 Å². The molecule has 32 heavy (non-hydrogen) atoms. The summed E-state index contributed by atoms with van der Waals surface area (Å²) in [6, 6.07) is 24.0. The highest BCUT2D eigenvalue weighted by Gasteiger charge is 2.13. The number of aromatic nitrogens is 3. The molecule has 5 aromatic rings. The number of benzene rings is 3. The molecule has 0 aliphatic rings. The molecule has 0 aliphatic heterocycles. The summed E-state index contributed by atoms with van der Waals surface area (Å²) in [5.74, 6) is 1.11. The molecule has 0 atom stereocenters. The quantitative estimate of drug-likeness (QED) is 0.448. The number of oxazole rings is 1. The van der Waals surface area contributed by atoms with E-state index in [9.17, 15) is 9.59 Å². The van der Waals surface area contributed by atoms with Gasteiger partial charge in [0.25, 0.3) is 5.56 Å². The van der Waals surface area contributed by atoms with Crippen molar-refractivity contribution in [1.82, 2.24) is 14.5 Å². The van der Waals surface area contributed by atoms with Crippen LogP contribution in [0.5, 0.6) is 11.6 Å². The first kappa shape index (κ1) is 19.6. The highest BCUT2D eigenvalue weighted by molar-refractivity contribution is 5.76. The molecule has 0 spiro atoms. The van der Waals surface area contributed by atoms with Crippen LogP contribution in [-0.4, -0.2) is 14.5 Å². The molecule has 5 rings (SSSR count). The predicted molar refractivity (Wildman–Crippen MR) is 121 cm³/mol. The molecule has 2 aromatic heterocycles. The van der Waals surface area contributed by atoms with Gasteiger partial charge < -0.3 is 9.15 Å². The second-order valence-corrected chi connectivity index (χ2v) is 7.37. The Kier molecular flexibility index (Phi) is 4.91. The lowest BCUT2D eigenvalue weighted by molar-refractivity contribution is 0.447. The van der Waals surface area contributed by atoms with Crippen LogP contribution in [0.4, 0.5) is 0 Å². The Morgan fingerprint density at radius 3 is 2.41 bits per heavy atom. The van der Waals surface area contributed by atoms with Gasteiger partial charge in [-0.1, -0.05) is 42.5 Å². The third-order valence-electron chi connectivity index (χ3n) is 5.17. The van der Waals surface area contributed by atoms with Gasteiger partial charge in [-0.25, -0.2) is 9.78 Å². The van der Waals surface area contributed by atoms with E-state index in [2.05, 4.69) is 9.97 Å². The van der Waals surface area contributed by atoms with Gasteiger partial charge in [-0.05, 0) is 48.9 Å². The number of fused-ring (bicyclic) bond motifs is 1. The molecular weight excluding hydrogens is 406 g/mol. The molecule has 1 N–H and O–H groups in total. The number of rotatable bonds is 5. The molecular formula is C25H19N3O4. The van der Waals surface area contributed by atoms with Gasteiger partial charge in [0.2, 0.25) is 11.8 Å². The van der Waals surface area contributed by atoms with E-state index >= 15 is 0 Å². The third kappa shape index (κ3) is 3.72. The molecule has 0 aliphatic carbocycles. The summed E-state index contributed by atoms with van der Waals surface area (Å²) in [5, 5.41) is 0. The fraction of sp³-hybridized carbons (Fsp3) is 0.0800. The van der Waals surface area contributed by atoms with E-state index in [1.54, 1.807) is 19.1 Å². The maximum Gasteiger partial charge on any atom is 0.331 e. The van der Waals surface area contributed by atoms with E-state index < -0.39 is 11.2 Å². The van der Waals surface area contributed by atoms with Crippen LogP contribution in [0, 0.1) is 6.92 Å². The van der Waals surface area contributed by atoms with Crippen LogP contribution in [0.2, 0.25) is 0 Å². The molecule has 0 amide bonds. The van der Waals surface area contributed by atoms with Crippen LogP contribution >= 0.6 is 0 Å². The highest BCUT2D eigenvalue weighted by atomic mass is 16.5. The summed E-state index contributed by atoms with van der Waals surface area (Å²) in [7, 11) is 0. The summed E-state index contributed by atoms with van der Waals surface area (Å²) < 4.78 is 12.7. The lowest BCUT2D eigenvalue weighted by atomic mass is 10.2. The lowest BCUT2D eigenvalue weighted by Crippen LogP contribution is -2.37. The molecule has 2 heterocycles. The summed E-state index contributed by atoms with van der Waals surface area (Å²) >= 11 is 0. The van der Waals surface area contributed by atoms with Crippen molar-refractivity contribution in [2.75, 3.05) is 0 Å². The largest absolute Gasteiger partial charge is 0.440 e. The van der Waals surface area contributed by atoms with E-state index in [4.69, 9.17) is 9.15 Å². The Hall–Kier alpha value is -4.39. The van der Waals surface area contributed by atoms with Crippen molar-refractivity contribution in [2.24, 2.45) is 0 Å². The molecule has 3 aromatic carbocycles. The molecule has 7 heteroatoms. The number of nitrogens with one attached hydrogen (secondary N) is 1. The third-order valence-corrected chi connectivity index (χ3v) is 5.17. The Morgan fingerprint density at radius 2 is 1.66 bits per heavy atom. The second-order valence-electron chi connectivity index (χ2n) is 7.37. The SMILES string of the molecule is Cc1c(Oc2ccc(-c3nc4ccccc4o3)cc2)[nH]c(=O)n(Cc2ccccc2)c1=O. The van der Waals surface area contributed by atoms with Crippen molar-refractivity contribution in [3.8, 4) is 23.1 Å². The first-order valence-electron chi connectivity index (χ1n) is 10.1. The van der Waals surface area contributed by atoms with Gasteiger partial charge in [-0.2, -0.15) is 0 Å². The molecule has 7 nitrogen and oxygen atoms in total. The number of nitrogens with zero attached hydrogens (tertiary/aromatic N) is 2. The van der Waals surface area contributed by atoms with Crippen LogP contribution in [0.3, 0.4) is 0 Å². The topological polar surface area (TPSA) is 90.1 Å². The van der Waals surface area contributed by atoms with Crippen LogP contribution in [0.1, 0.15) is 11.1 Å². The maximum atomic E-state index is 12.8. The van der Waals surface area contributed by atoms with Crippen molar-refractivity contribution in [3.63, 3.8) is 0 Å². The van der Waals surface area contributed by atoms with Crippen molar-refractivity contribution in [2.45, 2.75) is 13.5 Å². The molecule has 0 unspecified atom stereocenters. The Bertz CT molecular complexity index is 1480. The van der Waals surface area contributed by atoms with Crippen molar-refractivity contribution >= 4 is 11.1 Å². The van der Waals surface area contributed by atoms with E-state index in [1.807, 2.05) is 66.7 Å². The average Bonchev–Trinajstić information content (AvgIpc) is 3.26. The summed E-state index contributed by atoms with van der Waals surface area (Å²) in [6.07, 6.45) is 0. The normalized spacial score (nSPS) is 11.0. The zero-order valence-corrected chi connectivity index (χ0v) is 17.2. The smallest absolute Gasteiger partial charge is 0.331 e. The number of H-pyrrole nitrogens is 1. The fourth-order valence-electron chi connectivity index (χ4n) is 3.44. The number of hydrogen-bond acceptors (Lipinski definition) is 5. The van der Waals surface area contributed by atoms with Gasteiger partial charge in [-0.15, -0.1) is 0 Å². The predicted octanol–water partition coefficient (Wildman–Crippen LogP) is 4.49. The minimum absolute atomic E-state index is 0.124. The minimum atomic E-state index is -0.525. The molecule has 0 bridgehead atoms. The molecule has 158 valence electrons. The zero-order chi connectivity index (χ0) is 22.1. The van der Waals surface area contributed by atoms with Gasteiger partial charge in [-0.3, -0.25) is 14.3 Å². The van der Waals surface area contributed by atoms with Gasteiger partial charge >= 0.3 is 5.69 Å². The van der Waals surface area contributed by atoms with Gasteiger partial charge in [0.15, 0.2) is 5.58 Å². The monoisotopic (exact) mass is 425 g/mol. The Labute approximate surface area is 182 Å². The maximum absolute atomic E-state index is 12.8. The van der Waals surface area contributed by atoms with E-state index in [1.165, 1.54) is 0 Å². The van der Waals surface area contributed by atoms with E-state index in [0.717, 1.165) is 21.2 Å². The number of para-hydroxylation sites is 2. The van der Waals surface area contributed by atoms with Crippen LogP contribution in [0.15, 0.2) is 92.9 Å². The Morgan fingerprint density at radius 1 is 0.938 bits per heavy atom. The summed E-state index contributed by atoms with van der Waals surface area (Å²) in [4.78, 5) is 32.5. The molecule has 0 saturated heterocycles. The average molecular weight is 425 g/mol. The standard InChI is InChI=1S/C25H19N3O4/c1-16-22(27-25(30)28(24(16)29)15-17-7-3-2-4-8-17)31-19-13-11-18(12-14-19)23-26-20-9-5-6-10-21(20)32-23/h2-14H,15H2,1H3,(H,27,30). The van der Waals surface area contributed by atoms with Crippen molar-refractivity contribution in [3.05, 3.63) is 111 Å². The summed E-state index contributed by atoms with van der Waals surface area (Å²) in [6.45, 7) is 1.82. The van der Waals surface area contributed by atoms with E-state index in [-0.39, 0.29) is 12.4 Å². The molecule has 0 radical (unpaired) electrons. The molecule has 0 fully saturated rings. The van der Waals surface area contributed by atoms with Crippen molar-refractivity contribution in [1.29, 1.82) is 0 Å². The Balaban J connectivity index is 1.40. The van der Waals surface area contributed by atoms with Crippen LogP contribution in [-0.2, 0) is 6.54 Å². The van der Waals surface area contributed by atoms with E-state index in [0.29, 0.717) is 22.8 Å². The zero-order valence-electron chi connectivity index (χ0n) is 17.2. The first-order chi connectivity index (χ1) is 15.6. The summed E-state index contributed by atoms with van der Waals surface area (Å²) in [5.41, 5.74) is 2.56. The fourth-order valence-corrected chi connectivity index (χ4v) is 3.44. The number of ether oxygens (including phenoxy) is 1. The number of hydrogen-bond donors (Lipinski definition) is 1. The lowest BCUT2D eigenvalue weighted by Gasteiger charge is -2.11. The van der Waals surface area contributed by atoms with Crippen LogP contribution in [0.25, 0.3) is 22.6 Å². The minimum Gasteiger partial charge on any atom is -0.440 e. The second kappa shape index (κ2) is 8.03. The van der Waals surface area contributed by atoms with Gasteiger partial charge in [0, 0.05) is 5.56 Å². The highest BCUT2D eigenvalue weighted by Crippen LogP contribution is 2.27. The van der Waals surface area contributed by atoms with Crippen molar-refractivity contribution < 1.29 is 9.15 Å². The van der Waals surface area contributed by atoms with Gasteiger partial charge in [0.05, 0.1) is 12.1 Å².